The van der Waals surface area contributed by atoms with Crippen molar-refractivity contribution in [2.75, 3.05) is 11.9 Å². The standard InChI is InChI=1S/C12H19N3O2S.ClH/c1-3-9-7(2)18-12(14-9)15-11(16)10-5-4-8(6-13)17-10;/h8,10H,3-6,13H2,1-2H3,(H,14,15,16);1H/t8-,10+;/m1./s1. The molecule has 0 bridgehead atoms. The molecule has 1 aliphatic heterocycles. The number of amides is 1. The molecule has 0 spiro atoms. The lowest BCUT2D eigenvalue weighted by Crippen LogP contribution is -2.29. The first kappa shape index (κ1) is 16.4. The SMILES string of the molecule is CCc1nc(NC(=O)[C@@H]2CC[C@H](CN)O2)sc1C.Cl. The summed E-state index contributed by atoms with van der Waals surface area (Å²) in [4.78, 5) is 17.5. The lowest BCUT2D eigenvalue weighted by atomic mass is 10.2. The van der Waals surface area contributed by atoms with Gasteiger partial charge in [-0.15, -0.1) is 23.7 Å². The lowest BCUT2D eigenvalue weighted by molar-refractivity contribution is -0.126. The maximum absolute atomic E-state index is 12.0. The van der Waals surface area contributed by atoms with Crippen LogP contribution in [0.4, 0.5) is 5.13 Å². The van der Waals surface area contributed by atoms with Crippen molar-refractivity contribution < 1.29 is 9.53 Å². The largest absolute Gasteiger partial charge is 0.364 e. The summed E-state index contributed by atoms with van der Waals surface area (Å²) in [5.41, 5.74) is 6.57. The first-order valence-corrected chi connectivity index (χ1v) is 7.08. The van der Waals surface area contributed by atoms with Gasteiger partial charge in [0.25, 0.3) is 5.91 Å². The summed E-state index contributed by atoms with van der Waals surface area (Å²) in [6.45, 7) is 4.54. The highest BCUT2D eigenvalue weighted by Crippen LogP contribution is 2.24. The van der Waals surface area contributed by atoms with Crippen LogP contribution in [0.1, 0.15) is 30.3 Å². The second-order valence-corrected chi connectivity index (χ2v) is 5.63. The van der Waals surface area contributed by atoms with Crippen molar-refractivity contribution in [1.29, 1.82) is 0 Å². The molecule has 19 heavy (non-hydrogen) atoms. The van der Waals surface area contributed by atoms with E-state index in [9.17, 15) is 4.79 Å². The molecule has 1 fully saturated rings. The van der Waals surface area contributed by atoms with E-state index in [0.717, 1.165) is 29.8 Å². The number of nitrogens with one attached hydrogen (secondary N) is 1. The Labute approximate surface area is 123 Å². The van der Waals surface area contributed by atoms with Gasteiger partial charge in [-0.25, -0.2) is 4.98 Å². The summed E-state index contributed by atoms with van der Waals surface area (Å²) in [7, 11) is 0. The Morgan fingerprint density at radius 1 is 1.58 bits per heavy atom. The van der Waals surface area contributed by atoms with Gasteiger partial charge in [0, 0.05) is 11.4 Å². The van der Waals surface area contributed by atoms with E-state index < -0.39 is 0 Å². The van der Waals surface area contributed by atoms with Crippen LogP contribution < -0.4 is 11.1 Å². The summed E-state index contributed by atoms with van der Waals surface area (Å²) < 4.78 is 5.55. The van der Waals surface area contributed by atoms with Crippen LogP contribution in [0.2, 0.25) is 0 Å². The Kier molecular flexibility index (Phi) is 6.19. The lowest BCUT2D eigenvalue weighted by Gasteiger charge is -2.11. The zero-order valence-electron chi connectivity index (χ0n) is 11.1. The first-order chi connectivity index (χ1) is 8.63. The molecule has 108 valence electrons. The minimum atomic E-state index is -0.382. The van der Waals surface area contributed by atoms with E-state index in [1.807, 2.05) is 6.92 Å². The van der Waals surface area contributed by atoms with Gasteiger partial charge in [0.2, 0.25) is 0 Å². The van der Waals surface area contributed by atoms with E-state index in [1.165, 1.54) is 11.3 Å². The van der Waals surface area contributed by atoms with Crippen molar-refractivity contribution in [2.24, 2.45) is 5.73 Å². The van der Waals surface area contributed by atoms with E-state index in [2.05, 4.69) is 17.2 Å². The van der Waals surface area contributed by atoms with Gasteiger partial charge in [-0.2, -0.15) is 0 Å². The maximum Gasteiger partial charge on any atom is 0.255 e. The van der Waals surface area contributed by atoms with Crippen LogP contribution in [0, 0.1) is 6.92 Å². The van der Waals surface area contributed by atoms with Crippen LogP contribution in [0.3, 0.4) is 0 Å². The van der Waals surface area contributed by atoms with Crippen LogP contribution >= 0.6 is 23.7 Å². The average molecular weight is 306 g/mol. The maximum atomic E-state index is 12.0. The smallest absolute Gasteiger partial charge is 0.255 e. The van der Waals surface area contributed by atoms with Gasteiger partial charge in [0.15, 0.2) is 5.13 Å². The molecule has 1 aliphatic rings. The Morgan fingerprint density at radius 3 is 2.84 bits per heavy atom. The number of aromatic nitrogens is 1. The fraction of sp³-hybridized carbons (Fsp3) is 0.667. The topological polar surface area (TPSA) is 77.2 Å². The van der Waals surface area contributed by atoms with Crippen LogP contribution in [-0.2, 0) is 16.0 Å². The zero-order valence-corrected chi connectivity index (χ0v) is 12.8. The molecule has 2 atom stereocenters. The normalized spacial score (nSPS) is 22.1. The molecule has 0 radical (unpaired) electrons. The number of hydrogen-bond donors (Lipinski definition) is 2. The molecule has 1 saturated heterocycles. The Morgan fingerprint density at radius 2 is 2.32 bits per heavy atom. The number of thiazole rings is 1. The highest BCUT2D eigenvalue weighted by atomic mass is 35.5. The monoisotopic (exact) mass is 305 g/mol. The molecule has 0 unspecified atom stereocenters. The summed E-state index contributed by atoms with van der Waals surface area (Å²) in [6, 6.07) is 0. The minimum Gasteiger partial charge on any atom is -0.364 e. The van der Waals surface area contributed by atoms with Crippen molar-refractivity contribution in [1.82, 2.24) is 4.98 Å². The first-order valence-electron chi connectivity index (χ1n) is 6.26. The third-order valence-corrected chi connectivity index (χ3v) is 4.05. The molecule has 7 heteroatoms. The van der Waals surface area contributed by atoms with Crippen molar-refractivity contribution in [3.8, 4) is 0 Å². The number of nitrogens with zero attached hydrogens (tertiary/aromatic N) is 1. The second-order valence-electron chi connectivity index (χ2n) is 4.42. The third-order valence-electron chi connectivity index (χ3n) is 3.12. The molecule has 1 aromatic rings. The van der Waals surface area contributed by atoms with Crippen molar-refractivity contribution in [2.45, 2.75) is 45.3 Å². The highest BCUT2D eigenvalue weighted by molar-refractivity contribution is 7.15. The number of hydrogen-bond acceptors (Lipinski definition) is 5. The van der Waals surface area contributed by atoms with Gasteiger partial charge in [-0.3, -0.25) is 10.1 Å². The molecule has 0 saturated carbocycles. The van der Waals surface area contributed by atoms with Crippen LogP contribution in [0.15, 0.2) is 0 Å². The van der Waals surface area contributed by atoms with Crippen LogP contribution in [0.5, 0.6) is 0 Å². The molecule has 3 N–H and O–H groups in total. The van der Waals surface area contributed by atoms with Crippen molar-refractivity contribution >= 4 is 34.8 Å². The Balaban J connectivity index is 0.00000180. The predicted molar refractivity (Wildman–Crippen MR) is 79.1 cm³/mol. The van der Waals surface area contributed by atoms with E-state index in [1.54, 1.807) is 0 Å². The van der Waals surface area contributed by atoms with E-state index in [-0.39, 0.29) is 30.5 Å². The van der Waals surface area contributed by atoms with Gasteiger partial charge in [-0.05, 0) is 26.2 Å². The zero-order chi connectivity index (χ0) is 13.1. The summed E-state index contributed by atoms with van der Waals surface area (Å²) in [5.74, 6) is -0.109. The van der Waals surface area contributed by atoms with Crippen LogP contribution in [0.25, 0.3) is 0 Å². The Hall–Kier alpha value is -0.690. The molecule has 1 amide bonds. The van der Waals surface area contributed by atoms with Crippen LogP contribution in [-0.4, -0.2) is 29.6 Å². The predicted octanol–water partition coefficient (Wildman–Crippen LogP) is 1.88. The molecule has 5 nitrogen and oxygen atoms in total. The number of carbonyl (C=O) groups is 1. The molecule has 2 rings (SSSR count). The van der Waals surface area contributed by atoms with Gasteiger partial charge in [0.05, 0.1) is 11.8 Å². The van der Waals surface area contributed by atoms with E-state index >= 15 is 0 Å². The van der Waals surface area contributed by atoms with Crippen molar-refractivity contribution in [3.63, 3.8) is 0 Å². The molecule has 2 heterocycles. The average Bonchev–Trinajstić information content (AvgIpc) is 2.95. The minimum absolute atomic E-state index is 0. The summed E-state index contributed by atoms with van der Waals surface area (Å²) in [5, 5.41) is 3.49. The van der Waals surface area contributed by atoms with E-state index in [4.69, 9.17) is 10.5 Å². The molecular formula is C12H20ClN3O2S. The summed E-state index contributed by atoms with van der Waals surface area (Å²) >= 11 is 1.51. The molecule has 0 aromatic carbocycles. The van der Waals surface area contributed by atoms with E-state index in [0.29, 0.717) is 11.7 Å². The molecule has 1 aromatic heterocycles. The number of halogens is 1. The molecular weight excluding hydrogens is 286 g/mol. The quantitative estimate of drug-likeness (QED) is 0.890. The van der Waals surface area contributed by atoms with Gasteiger partial charge >= 0.3 is 0 Å². The fourth-order valence-corrected chi connectivity index (χ4v) is 2.97. The summed E-state index contributed by atoms with van der Waals surface area (Å²) in [6.07, 6.45) is 2.11. The fourth-order valence-electron chi connectivity index (χ4n) is 2.07. The third kappa shape index (κ3) is 3.89. The number of rotatable bonds is 4. The van der Waals surface area contributed by atoms with Gasteiger partial charge in [0.1, 0.15) is 6.10 Å². The molecule has 0 aliphatic carbocycles. The van der Waals surface area contributed by atoms with Gasteiger partial charge in [-0.1, -0.05) is 6.92 Å². The highest BCUT2D eigenvalue weighted by Gasteiger charge is 2.30. The number of aryl methyl sites for hydroxylation is 2. The number of nitrogens with two attached hydrogens (primary N) is 1. The second kappa shape index (κ2) is 7.19. The Bertz CT molecular complexity index is 439. The number of carbonyl (C=O) groups excluding carboxylic acids is 1. The number of anilines is 1. The van der Waals surface area contributed by atoms with Gasteiger partial charge < -0.3 is 10.5 Å². The number of ether oxygens (including phenoxy) is 1. The van der Waals surface area contributed by atoms with Crippen molar-refractivity contribution in [3.05, 3.63) is 10.6 Å².